The van der Waals surface area contributed by atoms with Crippen molar-refractivity contribution in [2.45, 2.75) is 19.1 Å². The van der Waals surface area contributed by atoms with Crippen molar-refractivity contribution in [2.24, 2.45) is 5.84 Å². The molecule has 2 rings (SSSR count). The lowest BCUT2D eigenvalue weighted by Gasteiger charge is -2.20. The summed E-state index contributed by atoms with van der Waals surface area (Å²) in [5.41, 5.74) is 4.34. The van der Waals surface area contributed by atoms with E-state index in [9.17, 15) is 13.2 Å². The highest BCUT2D eigenvalue weighted by atomic mass is 35.5. The number of aryl methyl sites for hydroxylation is 1. The van der Waals surface area contributed by atoms with E-state index in [2.05, 4.69) is 5.43 Å². The van der Waals surface area contributed by atoms with Gasteiger partial charge < -0.3 is 0 Å². The van der Waals surface area contributed by atoms with E-state index in [1.165, 1.54) is 12.1 Å². The minimum atomic E-state index is -4.35. The molecule has 0 bridgehead atoms. The molecule has 112 valence electrons. The van der Waals surface area contributed by atoms with Crippen molar-refractivity contribution in [1.82, 2.24) is 5.43 Å². The van der Waals surface area contributed by atoms with Gasteiger partial charge in [0.1, 0.15) is 0 Å². The lowest BCUT2D eigenvalue weighted by atomic mass is 9.95. The molecular weight excluding hydrogens is 301 g/mol. The maximum absolute atomic E-state index is 12.6. The van der Waals surface area contributed by atoms with Gasteiger partial charge in [-0.15, -0.1) is 0 Å². The summed E-state index contributed by atoms with van der Waals surface area (Å²) in [5, 5.41) is 0.544. The monoisotopic (exact) mass is 314 g/mol. The Labute approximate surface area is 125 Å². The van der Waals surface area contributed by atoms with Gasteiger partial charge in [0.2, 0.25) is 0 Å². The molecule has 0 aromatic heterocycles. The largest absolute Gasteiger partial charge is 0.416 e. The molecule has 0 heterocycles. The Balaban J connectivity index is 2.40. The highest BCUT2D eigenvalue weighted by Gasteiger charge is 2.30. The van der Waals surface area contributed by atoms with E-state index in [-0.39, 0.29) is 0 Å². The summed E-state index contributed by atoms with van der Waals surface area (Å²) in [7, 11) is 0. The number of halogens is 4. The fourth-order valence-electron chi connectivity index (χ4n) is 2.15. The van der Waals surface area contributed by atoms with Crippen LogP contribution >= 0.6 is 11.6 Å². The van der Waals surface area contributed by atoms with Gasteiger partial charge in [0, 0.05) is 5.02 Å². The number of hydrogen-bond donors (Lipinski definition) is 2. The topological polar surface area (TPSA) is 38.0 Å². The molecule has 6 heteroatoms. The molecule has 0 amide bonds. The molecule has 2 aromatic carbocycles. The molecule has 1 unspecified atom stereocenters. The Morgan fingerprint density at radius 1 is 1.10 bits per heavy atom. The maximum atomic E-state index is 12.6. The Hall–Kier alpha value is -1.56. The molecule has 0 aliphatic rings. The molecule has 3 N–H and O–H groups in total. The lowest BCUT2D eigenvalue weighted by Crippen LogP contribution is -2.29. The second-order valence-electron chi connectivity index (χ2n) is 4.72. The quantitative estimate of drug-likeness (QED) is 0.657. The first-order valence-electron chi connectivity index (χ1n) is 6.22. The molecule has 0 fully saturated rings. The standard InChI is InChI=1S/C15H14ClF3N2/c1-9-2-7-12(16)8-13(9)14(21-20)10-3-5-11(6-4-10)15(17,18)19/h2-8,14,21H,20H2,1H3. The van der Waals surface area contributed by atoms with Gasteiger partial charge in [-0.25, -0.2) is 5.43 Å². The van der Waals surface area contributed by atoms with Crippen molar-refractivity contribution in [1.29, 1.82) is 0 Å². The average molecular weight is 315 g/mol. The Bertz CT molecular complexity index is 624. The molecule has 2 nitrogen and oxygen atoms in total. The molecule has 21 heavy (non-hydrogen) atoms. The molecule has 0 spiro atoms. The second kappa shape index (κ2) is 6.05. The number of nitrogens with one attached hydrogen (secondary N) is 1. The van der Waals surface area contributed by atoms with Crippen LogP contribution in [0.4, 0.5) is 13.2 Å². The van der Waals surface area contributed by atoms with Gasteiger partial charge in [0.15, 0.2) is 0 Å². The minimum Gasteiger partial charge on any atom is -0.271 e. The van der Waals surface area contributed by atoms with Crippen LogP contribution in [-0.4, -0.2) is 0 Å². The first-order valence-corrected chi connectivity index (χ1v) is 6.60. The predicted molar refractivity (Wildman–Crippen MR) is 76.8 cm³/mol. The Morgan fingerprint density at radius 3 is 2.24 bits per heavy atom. The smallest absolute Gasteiger partial charge is 0.271 e. The third kappa shape index (κ3) is 3.56. The van der Waals surface area contributed by atoms with Gasteiger partial charge in [-0.3, -0.25) is 5.84 Å². The van der Waals surface area contributed by atoms with Crippen LogP contribution < -0.4 is 11.3 Å². The molecule has 0 radical (unpaired) electrons. The van der Waals surface area contributed by atoms with Crippen molar-refractivity contribution >= 4 is 11.6 Å². The van der Waals surface area contributed by atoms with Crippen molar-refractivity contribution in [3.05, 3.63) is 69.7 Å². The summed E-state index contributed by atoms with van der Waals surface area (Å²) in [4.78, 5) is 0. The molecule has 0 saturated carbocycles. The van der Waals surface area contributed by atoms with E-state index >= 15 is 0 Å². The van der Waals surface area contributed by atoms with Crippen LogP contribution in [0.1, 0.15) is 28.3 Å². The minimum absolute atomic E-state index is 0.425. The summed E-state index contributed by atoms with van der Waals surface area (Å²) in [6.07, 6.45) is -4.35. The van der Waals surface area contributed by atoms with Crippen LogP contribution in [0.15, 0.2) is 42.5 Å². The predicted octanol–water partition coefficient (Wildman–Crippen LogP) is 4.22. The van der Waals surface area contributed by atoms with Crippen molar-refractivity contribution in [2.75, 3.05) is 0 Å². The van der Waals surface area contributed by atoms with Crippen LogP contribution in [0, 0.1) is 6.92 Å². The number of alkyl halides is 3. The van der Waals surface area contributed by atoms with Crippen LogP contribution in [0.5, 0.6) is 0 Å². The van der Waals surface area contributed by atoms with Gasteiger partial charge in [-0.1, -0.05) is 29.8 Å². The van der Waals surface area contributed by atoms with Gasteiger partial charge in [0.05, 0.1) is 11.6 Å². The van der Waals surface area contributed by atoms with Gasteiger partial charge in [-0.05, 0) is 47.9 Å². The zero-order chi connectivity index (χ0) is 15.6. The zero-order valence-corrected chi connectivity index (χ0v) is 12.0. The van der Waals surface area contributed by atoms with Crippen molar-refractivity contribution in [3.63, 3.8) is 0 Å². The summed E-state index contributed by atoms with van der Waals surface area (Å²) >= 11 is 5.97. The number of benzene rings is 2. The van der Waals surface area contributed by atoms with E-state index in [0.29, 0.717) is 10.6 Å². The second-order valence-corrected chi connectivity index (χ2v) is 5.16. The molecular formula is C15H14ClF3N2. The Morgan fingerprint density at radius 2 is 1.71 bits per heavy atom. The van der Waals surface area contributed by atoms with E-state index < -0.39 is 17.8 Å². The van der Waals surface area contributed by atoms with E-state index in [4.69, 9.17) is 17.4 Å². The Kier molecular flexibility index (Phi) is 4.56. The third-order valence-electron chi connectivity index (χ3n) is 3.29. The molecule has 1 atom stereocenters. The zero-order valence-electron chi connectivity index (χ0n) is 11.2. The normalized spacial score (nSPS) is 13.2. The molecule has 2 aromatic rings. The average Bonchev–Trinajstić information content (AvgIpc) is 2.43. The summed E-state index contributed by atoms with van der Waals surface area (Å²) in [6.45, 7) is 1.89. The fraction of sp³-hybridized carbons (Fsp3) is 0.200. The van der Waals surface area contributed by atoms with Crippen LogP contribution in [-0.2, 0) is 6.18 Å². The summed E-state index contributed by atoms with van der Waals surface area (Å²) in [5.74, 6) is 5.56. The first-order chi connectivity index (χ1) is 9.82. The third-order valence-corrected chi connectivity index (χ3v) is 3.53. The fourth-order valence-corrected chi connectivity index (χ4v) is 2.33. The van der Waals surface area contributed by atoms with Crippen molar-refractivity contribution in [3.8, 4) is 0 Å². The number of rotatable bonds is 3. The van der Waals surface area contributed by atoms with Crippen molar-refractivity contribution < 1.29 is 13.2 Å². The van der Waals surface area contributed by atoms with Gasteiger partial charge >= 0.3 is 6.18 Å². The first kappa shape index (κ1) is 15.8. The van der Waals surface area contributed by atoms with E-state index in [1.54, 1.807) is 12.1 Å². The highest BCUT2D eigenvalue weighted by molar-refractivity contribution is 6.30. The number of hydrogen-bond acceptors (Lipinski definition) is 2. The summed E-state index contributed by atoms with van der Waals surface area (Å²) < 4.78 is 37.8. The molecule has 0 saturated heterocycles. The van der Waals surface area contributed by atoms with Crippen LogP contribution in [0.3, 0.4) is 0 Å². The molecule has 0 aliphatic heterocycles. The van der Waals surface area contributed by atoms with Gasteiger partial charge in [0.25, 0.3) is 0 Å². The maximum Gasteiger partial charge on any atom is 0.416 e. The summed E-state index contributed by atoms with van der Waals surface area (Å²) in [6, 6.07) is 9.82. The number of hydrazine groups is 1. The van der Waals surface area contributed by atoms with Gasteiger partial charge in [-0.2, -0.15) is 13.2 Å². The van der Waals surface area contributed by atoms with E-state index in [0.717, 1.165) is 23.3 Å². The van der Waals surface area contributed by atoms with E-state index in [1.807, 2.05) is 13.0 Å². The highest BCUT2D eigenvalue weighted by Crippen LogP contribution is 2.32. The van der Waals surface area contributed by atoms with Crippen LogP contribution in [0.2, 0.25) is 5.02 Å². The van der Waals surface area contributed by atoms with Crippen LogP contribution in [0.25, 0.3) is 0 Å². The molecule has 0 aliphatic carbocycles. The lowest BCUT2D eigenvalue weighted by molar-refractivity contribution is -0.137. The SMILES string of the molecule is Cc1ccc(Cl)cc1C(NN)c1ccc(C(F)(F)F)cc1. The number of nitrogens with two attached hydrogens (primary N) is 1.